The van der Waals surface area contributed by atoms with Crippen molar-refractivity contribution in [3.05, 3.63) is 11.6 Å². The van der Waals surface area contributed by atoms with E-state index in [9.17, 15) is 0 Å². The maximum atomic E-state index is 5.56. The Labute approximate surface area is 76.9 Å². The third-order valence-electron chi connectivity index (χ3n) is 2.42. The van der Waals surface area contributed by atoms with Gasteiger partial charge < -0.3 is 15.0 Å². The smallest absolute Gasteiger partial charge is 0.163 e. The molecule has 1 unspecified atom stereocenters. The van der Waals surface area contributed by atoms with Gasteiger partial charge in [-0.15, -0.1) is 10.2 Å². The molecule has 1 atom stereocenters. The molecule has 5 nitrogen and oxygen atoms in total. The van der Waals surface area contributed by atoms with E-state index < -0.39 is 0 Å². The van der Waals surface area contributed by atoms with Crippen molar-refractivity contribution in [2.45, 2.75) is 25.5 Å². The lowest BCUT2D eigenvalue weighted by Gasteiger charge is -2.12. The molecule has 0 aliphatic carbocycles. The van der Waals surface area contributed by atoms with Crippen molar-refractivity contribution in [3.8, 4) is 0 Å². The topological polar surface area (TPSA) is 66.0 Å². The number of nitrogens with zero attached hydrogens (tertiary/aromatic N) is 3. The first-order valence-corrected chi connectivity index (χ1v) is 4.51. The van der Waals surface area contributed by atoms with Crippen LogP contribution in [0.4, 0.5) is 0 Å². The van der Waals surface area contributed by atoms with Crippen LogP contribution in [-0.4, -0.2) is 28.4 Å². The Morgan fingerprint density at radius 2 is 2.46 bits per heavy atom. The zero-order chi connectivity index (χ0) is 9.26. The molecule has 2 N–H and O–H groups in total. The van der Waals surface area contributed by atoms with Crippen LogP contribution in [0, 0.1) is 0 Å². The van der Waals surface area contributed by atoms with Crippen LogP contribution in [0.15, 0.2) is 0 Å². The Kier molecular flexibility index (Phi) is 2.28. The van der Waals surface area contributed by atoms with E-state index in [-0.39, 0.29) is 6.10 Å². The van der Waals surface area contributed by atoms with Crippen molar-refractivity contribution in [2.24, 2.45) is 5.73 Å². The van der Waals surface area contributed by atoms with E-state index >= 15 is 0 Å². The molecule has 0 saturated heterocycles. The number of methoxy groups -OCH3 is 1. The van der Waals surface area contributed by atoms with Gasteiger partial charge in [0.2, 0.25) is 0 Å². The Morgan fingerprint density at radius 3 is 3.15 bits per heavy atom. The van der Waals surface area contributed by atoms with Crippen LogP contribution in [0.2, 0.25) is 0 Å². The van der Waals surface area contributed by atoms with E-state index in [0.717, 1.165) is 31.0 Å². The predicted molar refractivity (Wildman–Crippen MR) is 47.1 cm³/mol. The number of aromatic nitrogens is 3. The third kappa shape index (κ3) is 1.34. The van der Waals surface area contributed by atoms with Crippen LogP contribution >= 0.6 is 0 Å². The third-order valence-corrected chi connectivity index (χ3v) is 2.42. The average Bonchev–Trinajstić information content (AvgIpc) is 2.70. The molecule has 1 aromatic rings. The maximum absolute atomic E-state index is 5.56. The Hall–Kier alpha value is -0.940. The summed E-state index contributed by atoms with van der Waals surface area (Å²) in [4.78, 5) is 0. The SMILES string of the molecule is COC(CN)c1nnc2n1CCC2. The Bertz CT molecular complexity index is 292. The predicted octanol–water partition coefficient (Wildman–Crippen LogP) is -0.130. The van der Waals surface area contributed by atoms with Crippen molar-refractivity contribution >= 4 is 0 Å². The molecule has 0 radical (unpaired) electrons. The standard InChI is InChI=1S/C8H14N4O/c1-13-6(5-9)8-11-10-7-3-2-4-12(7)8/h6H,2-5,9H2,1H3. The summed E-state index contributed by atoms with van der Waals surface area (Å²) in [6.45, 7) is 1.45. The normalized spacial score (nSPS) is 17.4. The zero-order valence-electron chi connectivity index (χ0n) is 7.73. The highest BCUT2D eigenvalue weighted by Crippen LogP contribution is 2.20. The fraction of sp³-hybridized carbons (Fsp3) is 0.750. The number of hydrogen-bond donors (Lipinski definition) is 1. The maximum Gasteiger partial charge on any atom is 0.163 e. The van der Waals surface area contributed by atoms with E-state index in [4.69, 9.17) is 10.5 Å². The molecule has 0 aromatic carbocycles. The van der Waals surface area contributed by atoms with Crippen molar-refractivity contribution in [2.75, 3.05) is 13.7 Å². The molecule has 0 saturated carbocycles. The lowest BCUT2D eigenvalue weighted by molar-refractivity contribution is 0.0995. The van der Waals surface area contributed by atoms with Gasteiger partial charge in [-0.1, -0.05) is 0 Å². The minimum absolute atomic E-state index is 0.112. The summed E-state index contributed by atoms with van der Waals surface area (Å²) in [7, 11) is 1.65. The van der Waals surface area contributed by atoms with E-state index in [1.54, 1.807) is 7.11 Å². The van der Waals surface area contributed by atoms with Gasteiger partial charge in [-0.05, 0) is 6.42 Å². The molecule has 1 aliphatic heterocycles. The Morgan fingerprint density at radius 1 is 1.62 bits per heavy atom. The summed E-state index contributed by atoms with van der Waals surface area (Å²) < 4.78 is 7.33. The van der Waals surface area contributed by atoms with Gasteiger partial charge in [-0.2, -0.15) is 0 Å². The van der Waals surface area contributed by atoms with Crippen molar-refractivity contribution < 1.29 is 4.74 Å². The van der Waals surface area contributed by atoms with Gasteiger partial charge in [-0.3, -0.25) is 0 Å². The van der Waals surface area contributed by atoms with Gasteiger partial charge in [0.25, 0.3) is 0 Å². The van der Waals surface area contributed by atoms with Crippen LogP contribution in [0.1, 0.15) is 24.2 Å². The fourth-order valence-electron chi connectivity index (χ4n) is 1.72. The number of nitrogens with two attached hydrogens (primary N) is 1. The molecule has 5 heteroatoms. The van der Waals surface area contributed by atoms with E-state index in [1.165, 1.54) is 0 Å². The first-order valence-electron chi connectivity index (χ1n) is 4.51. The molecule has 1 aliphatic rings. The molecule has 1 aromatic heterocycles. The molecular weight excluding hydrogens is 168 g/mol. The van der Waals surface area contributed by atoms with Crippen molar-refractivity contribution in [3.63, 3.8) is 0 Å². The van der Waals surface area contributed by atoms with Crippen LogP contribution in [0.5, 0.6) is 0 Å². The summed E-state index contributed by atoms with van der Waals surface area (Å²) in [6, 6.07) is 0. The quantitative estimate of drug-likeness (QED) is 0.707. The number of aryl methyl sites for hydroxylation is 1. The molecule has 0 spiro atoms. The average molecular weight is 182 g/mol. The molecule has 2 rings (SSSR count). The van der Waals surface area contributed by atoms with E-state index in [0.29, 0.717) is 6.54 Å². The fourth-order valence-corrected chi connectivity index (χ4v) is 1.72. The van der Waals surface area contributed by atoms with Gasteiger partial charge in [-0.25, -0.2) is 0 Å². The van der Waals surface area contributed by atoms with Crippen LogP contribution in [-0.2, 0) is 17.7 Å². The summed E-state index contributed by atoms with van der Waals surface area (Å²) in [5.41, 5.74) is 5.56. The first-order chi connectivity index (χ1) is 6.36. The molecule has 13 heavy (non-hydrogen) atoms. The number of fused-ring (bicyclic) bond motifs is 1. The summed E-state index contributed by atoms with van der Waals surface area (Å²) in [6.07, 6.45) is 2.06. The van der Waals surface area contributed by atoms with Gasteiger partial charge in [0.15, 0.2) is 5.82 Å². The molecule has 0 bridgehead atoms. The van der Waals surface area contributed by atoms with Gasteiger partial charge >= 0.3 is 0 Å². The summed E-state index contributed by atoms with van der Waals surface area (Å²) >= 11 is 0. The van der Waals surface area contributed by atoms with Crippen molar-refractivity contribution in [1.29, 1.82) is 0 Å². The molecule has 72 valence electrons. The first kappa shape index (κ1) is 8.65. The van der Waals surface area contributed by atoms with Crippen LogP contribution in [0.25, 0.3) is 0 Å². The lowest BCUT2D eigenvalue weighted by atomic mass is 10.3. The van der Waals surface area contributed by atoms with Crippen molar-refractivity contribution in [1.82, 2.24) is 14.8 Å². The Balaban J connectivity index is 2.29. The number of hydrogen-bond acceptors (Lipinski definition) is 4. The second-order valence-electron chi connectivity index (χ2n) is 3.19. The largest absolute Gasteiger partial charge is 0.372 e. The second-order valence-corrected chi connectivity index (χ2v) is 3.19. The minimum Gasteiger partial charge on any atom is -0.372 e. The zero-order valence-corrected chi connectivity index (χ0v) is 7.73. The number of ether oxygens (including phenoxy) is 1. The molecule has 0 amide bonds. The van der Waals surface area contributed by atoms with Gasteiger partial charge in [0, 0.05) is 26.6 Å². The highest BCUT2D eigenvalue weighted by molar-refractivity contribution is 5.03. The highest BCUT2D eigenvalue weighted by atomic mass is 16.5. The number of rotatable bonds is 3. The monoisotopic (exact) mass is 182 g/mol. The summed E-state index contributed by atoms with van der Waals surface area (Å²) in [5.74, 6) is 1.93. The van der Waals surface area contributed by atoms with E-state index in [1.807, 2.05) is 0 Å². The summed E-state index contributed by atoms with van der Waals surface area (Å²) in [5, 5.41) is 8.18. The lowest BCUT2D eigenvalue weighted by Crippen LogP contribution is -2.18. The minimum atomic E-state index is -0.112. The molecule has 2 heterocycles. The molecular formula is C8H14N4O. The van der Waals surface area contributed by atoms with Gasteiger partial charge in [0.1, 0.15) is 11.9 Å². The van der Waals surface area contributed by atoms with Crippen LogP contribution < -0.4 is 5.73 Å². The van der Waals surface area contributed by atoms with Gasteiger partial charge in [0.05, 0.1) is 0 Å². The molecule has 0 fully saturated rings. The second kappa shape index (κ2) is 3.43. The van der Waals surface area contributed by atoms with E-state index in [2.05, 4.69) is 14.8 Å². The highest BCUT2D eigenvalue weighted by Gasteiger charge is 2.22. The van der Waals surface area contributed by atoms with Crippen LogP contribution in [0.3, 0.4) is 0 Å².